The molecule has 188 valence electrons. The molecule has 1 saturated heterocycles. The molecule has 10 nitrogen and oxygen atoms in total. The van der Waals surface area contributed by atoms with Crippen molar-refractivity contribution in [2.45, 2.75) is 37.6 Å². The number of thioether (sulfide) groups is 1. The van der Waals surface area contributed by atoms with Gasteiger partial charge in [0, 0.05) is 29.8 Å². The topological polar surface area (TPSA) is 127 Å². The fourth-order valence-corrected chi connectivity index (χ4v) is 7.17. The van der Waals surface area contributed by atoms with Crippen LogP contribution in [0.1, 0.15) is 24.3 Å². The largest absolute Gasteiger partial charge is 0.456 e. The molecule has 1 fully saturated rings. The number of thiazole rings is 1. The van der Waals surface area contributed by atoms with Crippen LogP contribution in [0.4, 0.5) is 5.69 Å². The minimum Gasteiger partial charge on any atom is -0.456 e. The number of hydrogen-bond acceptors (Lipinski definition) is 9. The van der Waals surface area contributed by atoms with Crippen molar-refractivity contribution in [3.05, 3.63) is 62.0 Å². The summed E-state index contributed by atoms with van der Waals surface area (Å²) in [5, 5.41) is 22.2. The van der Waals surface area contributed by atoms with Gasteiger partial charge in [-0.2, -0.15) is 0 Å². The van der Waals surface area contributed by atoms with Gasteiger partial charge in [0.2, 0.25) is 11.2 Å². The van der Waals surface area contributed by atoms with Crippen molar-refractivity contribution in [1.82, 2.24) is 14.3 Å². The molecule has 0 saturated carbocycles. The predicted octanol–water partition coefficient (Wildman–Crippen LogP) is 3.99. The highest BCUT2D eigenvalue weighted by atomic mass is 35.5. The average molecular weight is 549 g/mol. The lowest BCUT2D eigenvalue weighted by Gasteiger charge is -2.46. The molecule has 2 aliphatic rings. The minimum atomic E-state index is -0.862. The van der Waals surface area contributed by atoms with Crippen molar-refractivity contribution in [1.29, 1.82) is 0 Å². The van der Waals surface area contributed by atoms with Crippen LogP contribution in [0.15, 0.2) is 41.2 Å². The highest BCUT2D eigenvalue weighted by Gasteiger charge is 2.60. The molecule has 3 aromatic rings. The third-order valence-corrected chi connectivity index (χ3v) is 8.78. The minimum absolute atomic E-state index is 0.0651. The zero-order valence-electron chi connectivity index (χ0n) is 19.4. The van der Waals surface area contributed by atoms with Crippen molar-refractivity contribution in [2.75, 3.05) is 6.26 Å². The Bertz CT molecular complexity index is 1430. The van der Waals surface area contributed by atoms with Gasteiger partial charge in [-0.15, -0.1) is 23.1 Å². The molecule has 0 radical (unpaired) electrons. The molecule has 36 heavy (non-hydrogen) atoms. The van der Waals surface area contributed by atoms with Crippen molar-refractivity contribution in [3.63, 3.8) is 0 Å². The number of benzene rings is 1. The second kappa shape index (κ2) is 9.18. The number of non-ortho nitro benzene ring substituents is 1. The molecule has 2 aromatic heterocycles. The van der Waals surface area contributed by atoms with E-state index in [0.717, 1.165) is 14.7 Å². The molecular weight excluding hydrogens is 528 g/mol. The van der Waals surface area contributed by atoms with Crippen molar-refractivity contribution < 1.29 is 24.4 Å². The molecule has 4 atom stereocenters. The summed E-state index contributed by atoms with van der Waals surface area (Å²) in [6.07, 6.45) is 2.84. The first-order valence-electron chi connectivity index (χ1n) is 11.0. The number of esters is 1. The van der Waals surface area contributed by atoms with E-state index in [4.69, 9.17) is 16.3 Å². The van der Waals surface area contributed by atoms with Crippen LogP contribution in [0.25, 0.3) is 10.4 Å². The van der Waals surface area contributed by atoms with Crippen LogP contribution in [-0.2, 0) is 20.9 Å². The first-order valence-corrected chi connectivity index (χ1v) is 13.4. The Labute approximate surface area is 218 Å². The number of carbonyl (C=O) groups excluding carboxylic acids is 2. The summed E-state index contributed by atoms with van der Waals surface area (Å²) in [6.45, 7) is 3.38. The number of ether oxygens (including phenoxy) is 1. The van der Waals surface area contributed by atoms with Crippen molar-refractivity contribution in [2.24, 2.45) is 11.8 Å². The van der Waals surface area contributed by atoms with Gasteiger partial charge in [0.15, 0.2) is 0 Å². The summed E-state index contributed by atoms with van der Waals surface area (Å²) >= 11 is 9.19. The Kier molecular flexibility index (Phi) is 6.31. The molecule has 0 aliphatic carbocycles. The fourth-order valence-electron chi connectivity index (χ4n) is 4.90. The second-order valence-electron chi connectivity index (χ2n) is 8.68. The Hall–Kier alpha value is -2.93. The maximum absolute atomic E-state index is 13.4. The monoisotopic (exact) mass is 548 g/mol. The third kappa shape index (κ3) is 3.79. The molecule has 0 bridgehead atoms. The number of nitrogens with zero attached hydrogens (tertiary/aromatic N) is 4. The van der Waals surface area contributed by atoms with Gasteiger partial charge in [0.25, 0.3) is 5.69 Å². The van der Waals surface area contributed by atoms with E-state index >= 15 is 0 Å². The molecule has 0 unspecified atom stereocenters. The summed E-state index contributed by atoms with van der Waals surface area (Å²) in [5.74, 6) is -1.86. The Morgan fingerprint density at radius 1 is 1.39 bits per heavy atom. The predicted molar refractivity (Wildman–Crippen MR) is 135 cm³/mol. The van der Waals surface area contributed by atoms with Gasteiger partial charge in [0.1, 0.15) is 22.2 Å². The van der Waals surface area contributed by atoms with E-state index in [1.807, 2.05) is 13.2 Å². The Balaban J connectivity index is 1.52. The maximum Gasteiger partial charge on any atom is 0.355 e. The van der Waals surface area contributed by atoms with Gasteiger partial charge in [-0.25, -0.2) is 9.78 Å². The number of halogens is 1. The normalized spacial score (nSPS) is 22.1. The van der Waals surface area contributed by atoms with Gasteiger partial charge in [-0.1, -0.05) is 6.92 Å². The van der Waals surface area contributed by atoms with Gasteiger partial charge in [-0.3, -0.25) is 19.3 Å². The van der Waals surface area contributed by atoms with Crippen LogP contribution in [0.3, 0.4) is 0 Å². The summed E-state index contributed by atoms with van der Waals surface area (Å²) in [4.78, 5) is 44.1. The summed E-state index contributed by atoms with van der Waals surface area (Å²) in [6, 6.07) is 5.33. The lowest BCUT2D eigenvalue weighted by Crippen LogP contribution is -2.63. The lowest BCUT2D eigenvalue weighted by molar-refractivity contribution is -0.384. The van der Waals surface area contributed by atoms with Crippen LogP contribution >= 0.6 is 34.7 Å². The molecule has 1 amide bonds. The molecule has 1 N–H and O–H groups in total. The maximum atomic E-state index is 13.4. The molecule has 1 aromatic carbocycles. The number of imidazole rings is 1. The van der Waals surface area contributed by atoms with Gasteiger partial charge < -0.3 is 14.7 Å². The number of aliphatic hydroxyl groups excluding tert-OH is 1. The van der Waals surface area contributed by atoms with Crippen molar-refractivity contribution in [3.8, 4) is 0 Å². The second-order valence-corrected chi connectivity index (χ2v) is 10.8. The zero-order chi connectivity index (χ0) is 25.9. The van der Waals surface area contributed by atoms with E-state index in [1.165, 1.54) is 52.3 Å². The number of β-lactam (4-membered cyclic amide) rings is 1. The molecule has 13 heteroatoms. The zero-order valence-corrected chi connectivity index (χ0v) is 21.8. The number of aromatic nitrogens is 2. The smallest absolute Gasteiger partial charge is 0.355 e. The van der Waals surface area contributed by atoms with Crippen LogP contribution in [-0.4, -0.2) is 54.6 Å². The number of nitro groups is 1. The van der Waals surface area contributed by atoms with E-state index < -0.39 is 22.9 Å². The van der Waals surface area contributed by atoms with E-state index in [-0.39, 0.29) is 35.9 Å². The Morgan fingerprint density at radius 2 is 2.08 bits per heavy atom. The van der Waals surface area contributed by atoms with Gasteiger partial charge >= 0.3 is 5.97 Å². The lowest BCUT2D eigenvalue weighted by atomic mass is 9.77. The average Bonchev–Trinajstić information content (AvgIpc) is 3.47. The van der Waals surface area contributed by atoms with Gasteiger partial charge in [-0.05, 0) is 42.5 Å². The fraction of sp³-hybridized carbons (Fsp3) is 0.348. The van der Waals surface area contributed by atoms with E-state index in [0.29, 0.717) is 16.4 Å². The van der Waals surface area contributed by atoms with E-state index in [2.05, 4.69) is 4.98 Å². The van der Waals surface area contributed by atoms with E-state index in [1.54, 1.807) is 17.5 Å². The Morgan fingerprint density at radius 3 is 2.69 bits per heavy atom. The molecular formula is C23H21ClN4O6S2. The van der Waals surface area contributed by atoms with Crippen LogP contribution in [0, 0.1) is 22.0 Å². The summed E-state index contributed by atoms with van der Waals surface area (Å²) in [5.41, 5.74) is 1.31. The molecule has 5 rings (SSSR count). The number of hydrogen-bond donors (Lipinski definition) is 1. The quantitative estimate of drug-likeness (QED) is 0.154. The molecule has 0 spiro atoms. The number of nitro benzene ring substituents is 1. The highest BCUT2D eigenvalue weighted by molar-refractivity contribution is 7.98. The van der Waals surface area contributed by atoms with E-state index in [9.17, 15) is 24.8 Å². The summed E-state index contributed by atoms with van der Waals surface area (Å²) in [7, 11) is 0. The molecule has 2 aliphatic heterocycles. The first kappa shape index (κ1) is 24.8. The summed E-state index contributed by atoms with van der Waals surface area (Å²) < 4.78 is 7.31. The van der Waals surface area contributed by atoms with Gasteiger partial charge in [0.05, 0.1) is 27.9 Å². The number of carbonyl (C=O) groups is 2. The number of aliphatic hydroxyl groups is 1. The SMILES string of the molecule is CSc1nc(Cl)n2cc(C3=C(C(=O)OCc4ccc([N+](=O)[O-])cc4)N4C(=O)[C@H]([C@@H](C)O)[C@H]4[C@H]3C)sc12. The van der Waals surface area contributed by atoms with Crippen LogP contribution < -0.4 is 0 Å². The highest BCUT2D eigenvalue weighted by Crippen LogP contribution is 2.52. The van der Waals surface area contributed by atoms with Crippen LogP contribution in [0.5, 0.6) is 0 Å². The molecule has 4 heterocycles. The standard InChI is InChI=1S/C23H21ClN4O6S2/c1-10-15(14-8-26-21(36-14)19(35-3)25-23(26)24)18(27-17(10)16(11(2)29)20(27)30)22(31)34-9-12-4-6-13(7-5-12)28(32)33/h4-8,10-11,16-17,29H,9H2,1-3H3/t10-,11+,16+,17+/m0/s1. The number of rotatable bonds is 7. The first-order chi connectivity index (χ1) is 17.1. The number of fused-ring (bicyclic) bond motifs is 2. The number of amides is 1. The van der Waals surface area contributed by atoms with Crippen molar-refractivity contribution >= 4 is 62.7 Å². The van der Waals surface area contributed by atoms with Crippen LogP contribution in [0.2, 0.25) is 5.28 Å². The third-order valence-electron chi connectivity index (χ3n) is 6.59.